The smallest absolute Gasteiger partial charge is 0.341 e. The summed E-state index contributed by atoms with van der Waals surface area (Å²) in [5.41, 5.74) is 4.27. The van der Waals surface area contributed by atoms with E-state index in [0.717, 1.165) is 54.3 Å². The number of esters is 1. The Morgan fingerprint density at radius 1 is 1.00 bits per heavy atom. The Morgan fingerprint density at radius 3 is 2.38 bits per heavy atom. The summed E-state index contributed by atoms with van der Waals surface area (Å²) in [6.07, 6.45) is 0. The van der Waals surface area contributed by atoms with Gasteiger partial charge in [-0.1, -0.05) is 42.0 Å². The second kappa shape index (κ2) is 10.7. The van der Waals surface area contributed by atoms with Crippen molar-refractivity contribution in [3.8, 4) is 16.9 Å². The average molecular weight is 480 g/mol. The van der Waals surface area contributed by atoms with Crippen LogP contribution in [-0.2, 0) is 9.53 Å². The molecule has 0 radical (unpaired) electrons. The number of nitrogens with zero attached hydrogens (tertiary/aromatic N) is 2. The van der Waals surface area contributed by atoms with E-state index in [1.165, 1.54) is 18.4 Å². The maximum absolute atomic E-state index is 12.9. The molecule has 4 rings (SSSR count). The van der Waals surface area contributed by atoms with E-state index >= 15 is 0 Å². The minimum Gasteiger partial charge on any atom is -0.495 e. The van der Waals surface area contributed by atoms with Crippen LogP contribution in [0.25, 0.3) is 11.1 Å². The van der Waals surface area contributed by atoms with Crippen LogP contribution in [0, 0.1) is 6.92 Å². The number of benzene rings is 2. The zero-order chi connectivity index (χ0) is 24.1. The molecule has 1 fully saturated rings. The molecule has 0 saturated carbocycles. The second-order valence-corrected chi connectivity index (χ2v) is 9.07. The van der Waals surface area contributed by atoms with Gasteiger partial charge in [0.1, 0.15) is 16.3 Å². The summed E-state index contributed by atoms with van der Waals surface area (Å²) < 4.78 is 10.5. The lowest BCUT2D eigenvalue weighted by molar-refractivity contribution is -0.117. The average Bonchev–Trinajstić information content (AvgIpc) is 3.27. The van der Waals surface area contributed by atoms with Crippen molar-refractivity contribution in [2.75, 3.05) is 57.2 Å². The molecule has 0 spiro atoms. The fraction of sp³-hybridized carbons (Fsp3) is 0.308. The first-order valence-corrected chi connectivity index (χ1v) is 12.0. The number of piperazine rings is 1. The van der Waals surface area contributed by atoms with E-state index in [4.69, 9.17) is 9.47 Å². The molecular formula is C26H29N3O4S. The van der Waals surface area contributed by atoms with Gasteiger partial charge in [0.05, 0.1) is 26.5 Å². The maximum atomic E-state index is 12.9. The Hall–Kier alpha value is -3.36. The van der Waals surface area contributed by atoms with Crippen molar-refractivity contribution in [3.05, 3.63) is 65.0 Å². The van der Waals surface area contributed by atoms with Crippen LogP contribution in [-0.4, -0.2) is 63.7 Å². The van der Waals surface area contributed by atoms with E-state index in [1.54, 1.807) is 7.11 Å². The summed E-state index contributed by atoms with van der Waals surface area (Å²) in [6, 6.07) is 15.9. The molecule has 34 heavy (non-hydrogen) atoms. The molecule has 0 aliphatic carbocycles. The number of ether oxygens (including phenoxy) is 2. The van der Waals surface area contributed by atoms with Crippen LogP contribution < -0.4 is 15.0 Å². The highest BCUT2D eigenvalue weighted by Gasteiger charge is 2.24. The first kappa shape index (κ1) is 23.8. The Balaban J connectivity index is 1.41. The number of anilines is 2. The van der Waals surface area contributed by atoms with E-state index in [9.17, 15) is 9.59 Å². The predicted molar refractivity (Wildman–Crippen MR) is 136 cm³/mol. The topological polar surface area (TPSA) is 71.1 Å². The molecule has 3 aromatic rings. The summed E-state index contributed by atoms with van der Waals surface area (Å²) in [4.78, 5) is 29.8. The van der Waals surface area contributed by atoms with Crippen molar-refractivity contribution in [1.82, 2.24) is 4.90 Å². The van der Waals surface area contributed by atoms with E-state index in [0.29, 0.717) is 10.6 Å². The summed E-state index contributed by atoms with van der Waals surface area (Å²) in [5.74, 6) is 0.247. The third kappa shape index (κ3) is 5.24. The van der Waals surface area contributed by atoms with E-state index < -0.39 is 5.97 Å². The highest BCUT2D eigenvalue weighted by atomic mass is 32.1. The Bertz CT molecular complexity index is 1150. The normalized spacial score (nSPS) is 14.0. The van der Waals surface area contributed by atoms with E-state index in [2.05, 4.69) is 21.2 Å². The number of amides is 1. The van der Waals surface area contributed by atoms with Gasteiger partial charge in [-0.2, -0.15) is 0 Å². The van der Waals surface area contributed by atoms with Gasteiger partial charge >= 0.3 is 5.97 Å². The van der Waals surface area contributed by atoms with Crippen LogP contribution in [0.2, 0.25) is 0 Å². The molecule has 1 aromatic heterocycles. The van der Waals surface area contributed by atoms with Gasteiger partial charge in [0, 0.05) is 37.1 Å². The highest BCUT2D eigenvalue weighted by Crippen LogP contribution is 2.36. The lowest BCUT2D eigenvalue weighted by atomic mass is 10.0. The molecule has 1 N–H and O–H groups in total. The Kier molecular flexibility index (Phi) is 7.49. The van der Waals surface area contributed by atoms with Gasteiger partial charge in [0.15, 0.2) is 0 Å². The number of methoxy groups -OCH3 is 2. The number of rotatable bonds is 7. The van der Waals surface area contributed by atoms with Crippen molar-refractivity contribution in [2.24, 2.45) is 0 Å². The minimum absolute atomic E-state index is 0.145. The summed E-state index contributed by atoms with van der Waals surface area (Å²) in [5, 5.41) is 5.34. The highest BCUT2D eigenvalue weighted by molar-refractivity contribution is 7.15. The predicted octanol–water partition coefficient (Wildman–Crippen LogP) is 4.28. The van der Waals surface area contributed by atoms with Crippen molar-refractivity contribution in [2.45, 2.75) is 6.92 Å². The van der Waals surface area contributed by atoms with Gasteiger partial charge in [-0.25, -0.2) is 4.79 Å². The van der Waals surface area contributed by atoms with E-state index in [1.807, 2.05) is 54.8 Å². The SMILES string of the molecule is COC(=O)c1c(-c2ccc(C)cc2)csc1NC(=O)CN1CCN(c2ccccc2OC)CC1. The van der Waals surface area contributed by atoms with Crippen molar-refractivity contribution in [3.63, 3.8) is 0 Å². The molecule has 2 heterocycles. The fourth-order valence-corrected chi connectivity index (χ4v) is 5.08. The summed E-state index contributed by atoms with van der Waals surface area (Å²) in [7, 11) is 3.03. The molecular weight excluding hydrogens is 450 g/mol. The van der Waals surface area contributed by atoms with Crippen LogP contribution in [0.5, 0.6) is 5.75 Å². The van der Waals surface area contributed by atoms with Crippen molar-refractivity contribution < 1.29 is 19.1 Å². The molecule has 1 amide bonds. The lowest BCUT2D eigenvalue weighted by Crippen LogP contribution is -2.48. The molecule has 2 aromatic carbocycles. The number of thiophene rings is 1. The lowest BCUT2D eigenvalue weighted by Gasteiger charge is -2.36. The largest absolute Gasteiger partial charge is 0.495 e. The molecule has 0 unspecified atom stereocenters. The molecule has 0 bridgehead atoms. The first-order chi connectivity index (χ1) is 16.5. The number of nitrogens with one attached hydrogen (secondary N) is 1. The van der Waals surface area contributed by atoms with Gasteiger partial charge in [0.2, 0.25) is 5.91 Å². The minimum atomic E-state index is -0.461. The molecule has 7 nitrogen and oxygen atoms in total. The fourth-order valence-electron chi connectivity index (χ4n) is 4.11. The summed E-state index contributed by atoms with van der Waals surface area (Å²) >= 11 is 1.34. The molecule has 0 atom stereocenters. The van der Waals surface area contributed by atoms with Crippen LogP contribution in [0.4, 0.5) is 10.7 Å². The zero-order valence-electron chi connectivity index (χ0n) is 19.7. The van der Waals surface area contributed by atoms with E-state index in [-0.39, 0.29) is 12.5 Å². The van der Waals surface area contributed by atoms with Crippen LogP contribution in [0.3, 0.4) is 0 Å². The third-order valence-corrected chi connectivity index (χ3v) is 6.86. The zero-order valence-corrected chi connectivity index (χ0v) is 20.5. The van der Waals surface area contributed by atoms with Gasteiger partial charge in [0.25, 0.3) is 0 Å². The van der Waals surface area contributed by atoms with Gasteiger partial charge in [-0.3, -0.25) is 9.69 Å². The quantitative estimate of drug-likeness (QED) is 0.510. The van der Waals surface area contributed by atoms with Crippen LogP contribution >= 0.6 is 11.3 Å². The van der Waals surface area contributed by atoms with Gasteiger partial charge in [-0.15, -0.1) is 11.3 Å². The summed E-state index contributed by atoms with van der Waals surface area (Å²) in [6.45, 7) is 5.40. The van der Waals surface area contributed by atoms with Crippen LogP contribution in [0.15, 0.2) is 53.9 Å². The van der Waals surface area contributed by atoms with Crippen molar-refractivity contribution in [1.29, 1.82) is 0 Å². The first-order valence-electron chi connectivity index (χ1n) is 11.2. The number of hydrogen-bond acceptors (Lipinski definition) is 7. The molecule has 1 aliphatic heterocycles. The number of aryl methyl sites for hydroxylation is 1. The molecule has 8 heteroatoms. The van der Waals surface area contributed by atoms with Gasteiger partial charge in [-0.05, 0) is 24.6 Å². The van der Waals surface area contributed by atoms with Crippen molar-refractivity contribution >= 4 is 33.9 Å². The monoisotopic (exact) mass is 479 g/mol. The Morgan fingerprint density at radius 2 is 1.71 bits per heavy atom. The molecule has 178 valence electrons. The van der Waals surface area contributed by atoms with Crippen LogP contribution in [0.1, 0.15) is 15.9 Å². The maximum Gasteiger partial charge on any atom is 0.341 e. The number of para-hydroxylation sites is 2. The number of carbonyl (C=O) groups is 2. The second-order valence-electron chi connectivity index (χ2n) is 8.19. The molecule has 1 aliphatic rings. The number of hydrogen-bond donors (Lipinski definition) is 1. The molecule has 1 saturated heterocycles. The third-order valence-electron chi connectivity index (χ3n) is 5.96. The van der Waals surface area contributed by atoms with Gasteiger partial charge < -0.3 is 19.7 Å². The number of carbonyl (C=O) groups excluding carboxylic acids is 2. The Labute approximate surface area is 203 Å². The standard InChI is InChI=1S/C26H29N3O4S/c1-18-8-10-19(11-9-18)20-17-34-25(24(20)26(31)33-3)27-23(30)16-28-12-14-29(15-13-28)21-6-4-5-7-22(21)32-2/h4-11,17H,12-16H2,1-3H3,(H,27,30).